The molecular formula is C15H22N2O2. The van der Waals surface area contributed by atoms with E-state index in [1.165, 1.54) is 0 Å². The third-order valence-electron chi connectivity index (χ3n) is 3.40. The number of carbonyl (C=O) groups excluding carboxylic acids is 1. The van der Waals surface area contributed by atoms with Crippen molar-refractivity contribution in [3.05, 3.63) is 29.8 Å². The minimum atomic E-state index is -0.0123. The highest BCUT2D eigenvalue weighted by molar-refractivity contribution is 5.95. The van der Waals surface area contributed by atoms with Gasteiger partial charge in [-0.3, -0.25) is 4.79 Å². The average molecular weight is 262 g/mol. The molecule has 4 heteroatoms. The highest BCUT2D eigenvalue weighted by Gasteiger charge is 2.15. The van der Waals surface area contributed by atoms with E-state index in [1.54, 1.807) is 0 Å². The van der Waals surface area contributed by atoms with Crippen LogP contribution in [-0.2, 0) is 4.74 Å². The maximum absolute atomic E-state index is 12.0. The lowest BCUT2D eigenvalue weighted by Gasteiger charge is -2.14. The predicted molar refractivity (Wildman–Crippen MR) is 76.7 cm³/mol. The molecule has 4 nitrogen and oxygen atoms in total. The molecule has 104 valence electrons. The summed E-state index contributed by atoms with van der Waals surface area (Å²) in [4.78, 5) is 14.0. The summed E-state index contributed by atoms with van der Waals surface area (Å²) in [6, 6.07) is 7.64. The van der Waals surface area contributed by atoms with Gasteiger partial charge in [0.25, 0.3) is 5.91 Å². The van der Waals surface area contributed by atoms with Crippen LogP contribution in [0.15, 0.2) is 24.3 Å². The Balaban J connectivity index is 1.83. The molecule has 1 amide bonds. The van der Waals surface area contributed by atoms with E-state index in [4.69, 9.17) is 4.74 Å². The number of nitrogens with one attached hydrogen (secondary N) is 1. The Morgan fingerprint density at radius 3 is 3.00 bits per heavy atom. The van der Waals surface area contributed by atoms with Crippen LogP contribution in [0.25, 0.3) is 0 Å². The first-order chi connectivity index (χ1) is 9.16. The van der Waals surface area contributed by atoms with Gasteiger partial charge in [-0.25, -0.2) is 0 Å². The van der Waals surface area contributed by atoms with E-state index < -0.39 is 0 Å². The fourth-order valence-corrected chi connectivity index (χ4v) is 2.25. The summed E-state index contributed by atoms with van der Waals surface area (Å²) in [5.74, 6) is -0.0123. The molecule has 0 spiro atoms. The van der Waals surface area contributed by atoms with Gasteiger partial charge in [0.2, 0.25) is 0 Å². The Hall–Kier alpha value is -1.55. The summed E-state index contributed by atoms with van der Waals surface area (Å²) in [5, 5.41) is 2.95. The topological polar surface area (TPSA) is 41.6 Å². The van der Waals surface area contributed by atoms with Crippen LogP contribution < -0.4 is 10.2 Å². The third kappa shape index (κ3) is 3.96. The highest BCUT2D eigenvalue weighted by atomic mass is 16.5. The Labute approximate surface area is 114 Å². The van der Waals surface area contributed by atoms with E-state index in [0.29, 0.717) is 18.2 Å². The Morgan fingerprint density at radius 2 is 2.32 bits per heavy atom. The summed E-state index contributed by atoms with van der Waals surface area (Å²) in [5.41, 5.74) is 1.74. The zero-order chi connectivity index (χ0) is 13.7. The number of amides is 1. The predicted octanol–water partition coefficient (Wildman–Crippen LogP) is 2.05. The van der Waals surface area contributed by atoms with Gasteiger partial charge in [0.05, 0.1) is 6.10 Å². The monoisotopic (exact) mass is 262 g/mol. The lowest BCUT2D eigenvalue weighted by molar-refractivity contribution is 0.0907. The standard InChI is InChI=1S/C15H22N2O2/c1-17(2)13-6-3-5-12(11-13)15(18)16-9-8-14-7-4-10-19-14/h3,5-6,11,14H,4,7-10H2,1-2H3,(H,16,18)/t14-/m0/s1. The van der Waals surface area contributed by atoms with E-state index >= 15 is 0 Å². The molecule has 1 aliphatic heterocycles. The zero-order valence-corrected chi connectivity index (χ0v) is 11.7. The molecule has 0 bridgehead atoms. The first-order valence-electron chi connectivity index (χ1n) is 6.84. The summed E-state index contributed by atoms with van der Waals surface area (Å²) in [6.45, 7) is 1.54. The normalized spacial score (nSPS) is 18.3. The second-order valence-corrected chi connectivity index (χ2v) is 5.12. The number of carbonyl (C=O) groups is 1. The fourth-order valence-electron chi connectivity index (χ4n) is 2.25. The van der Waals surface area contributed by atoms with Crippen LogP contribution in [0.4, 0.5) is 5.69 Å². The molecule has 1 fully saturated rings. The summed E-state index contributed by atoms with van der Waals surface area (Å²) < 4.78 is 5.53. The van der Waals surface area contributed by atoms with Gasteiger partial charge in [-0.05, 0) is 37.5 Å². The molecule has 1 aromatic carbocycles. The van der Waals surface area contributed by atoms with Crippen molar-refractivity contribution < 1.29 is 9.53 Å². The van der Waals surface area contributed by atoms with E-state index in [2.05, 4.69) is 5.32 Å². The van der Waals surface area contributed by atoms with Gasteiger partial charge in [-0.1, -0.05) is 6.07 Å². The van der Waals surface area contributed by atoms with Gasteiger partial charge < -0.3 is 15.0 Å². The molecular weight excluding hydrogens is 240 g/mol. The zero-order valence-electron chi connectivity index (χ0n) is 11.7. The molecule has 19 heavy (non-hydrogen) atoms. The largest absolute Gasteiger partial charge is 0.378 e. The lowest BCUT2D eigenvalue weighted by atomic mass is 10.1. The molecule has 0 aromatic heterocycles. The Bertz CT molecular complexity index is 426. The van der Waals surface area contributed by atoms with Gasteiger partial charge in [0, 0.05) is 38.5 Å². The molecule has 1 heterocycles. The molecule has 1 aromatic rings. The summed E-state index contributed by atoms with van der Waals surface area (Å²) >= 11 is 0. The molecule has 0 unspecified atom stereocenters. The van der Waals surface area contributed by atoms with Crippen LogP contribution in [0.5, 0.6) is 0 Å². The fraction of sp³-hybridized carbons (Fsp3) is 0.533. The molecule has 0 radical (unpaired) electrons. The smallest absolute Gasteiger partial charge is 0.251 e. The van der Waals surface area contributed by atoms with Gasteiger partial charge >= 0.3 is 0 Å². The van der Waals surface area contributed by atoms with Crippen LogP contribution in [-0.4, -0.2) is 39.3 Å². The third-order valence-corrected chi connectivity index (χ3v) is 3.40. The highest BCUT2D eigenvalue weighted by Crippen LogP contribution is 2.15. The van der Waals surface area contributed by atoms with Gasteiger partial charge in [-0.2, -0.15) is 0 Å². The molecule has 0 aliphatic carbocycles. The van der Waals surface area contributed by atoms with Crippen LogP contribution in [0.2, 0.25) is 0 Å². The summed E-state index contributed by atoms with van der Waals surface area (Å²) in [6.07, 6.45) is 3.49. The number of ether oxygens (including phenoxy) is 1. The molecule has 1 saturated heterocycles. The van der Waals surface area contributed by atoms with Gasteiger partial charge in [-0.15, -0.1) is 0 Å². The van der Waals surface area contributed by atoms with E-state index in [-0.39, 0.29) is 5.91 Å². The van der Waals surface area contributed by atoms with Crippen molar-refractivity contribution >= 4 is 11.6 Å². The van der Waals surface area contributed by atoms with Crippen molar-refractivity contribution in [1.29, 1.82) is 0 Å². The first kappa shape index (κ1) is 13.9. The second kappa shape index (κ2) is 6.57. The number of benzene rings is 1. The molecule has 0 saturated carbocycles. The van der Waals surface area contributed by atoms with E-state index in [0.717, 1.165) is 31.6 Å². The minimum Gasteiger partial charge on any atom is -0.378 e. The van der Waals surface area contributed by atoms with Crippen molar-refractivity contribution in [3.63, 3.8) is 0 Å². The lowest BCUT2D eigenvalue weighted by Crippen LogP contribution is -2.27. The molecule has 1 atom stereocenters. The maximum atomic E-state index is 12.0. The van der Waals surface area contributed by atoms with Gasteiger partial charge in [0.1, 0.15) is 0 Å². The Kier molecular flexibility index (Phi) is 4.80. The minimum absolute atomic E-state index is 0.0123. The number of nitrogens with zero attached hydrogens (tertiary/aromatic N) is 1. The van der Waals surface area contributed by atoms with Crippen LogP contribution in [0, 0.1) is 0 Å². The Morgan fingerprint density at radius 1 is 1.47 bits per heavy atom. The van der Waals surface area contributed by atoms with Gasteiger partial charge in [0.15, 0.2) is 0 Å². The van der Waals surface area contributed by atoms with E-state index in [9.17, 15) is 4.79 Å². The SMILES string of the molecule is CN(C)c1cccc(C(=O)NCC[C@@H]2CCCO2)c1. The van der Waals surface area contributed by atoms with E-state index in [1.807, 2.05) is 43.3 Å². The number of hydrogen-bond acceptors (Lipinski definition) is 3. The van der Waals surface area contributed by atoms with Crippen LogP contribution >= 0.6 is 0 Å². The van der Waals surface area contributed by atoms with Crippen molar-refractivity contribution in [3.8, 4) is 0 Å². The maximum Gasteiger partial charge on any atom is 0.251 e. The number of anilines is 1. The number of rotatable bonds is 5. The first-order valence-corrected chi connectivity index (χ1v) is 6.84. The molecule has 1 N–H and O–H groups in total. The number of hydrogen-bond donors (Lipinski definition) is 1. The van der Waals surface area contributed by atoms with Crippen LogP contribution in [0.3, 0.4) is 0 Å². The second-order valence-electron chi connectivity index (χ2n) is 5.12. The van der Waals surface area contributed by atoms with Crippen molar-refractivity contribution in [2.24, 2.45) is 0 Å². The molecule has 1 aliphatic rings. The van der Waals surface area contributed by atoms with Crippen molar-refractivity contribution in [2.45, 2.75) is 25.4 Å². The van der Waals surface area contributed by atoms with Crippen molar-refractivity contribution in [1.82, 2.24) is 5.32 Å². The molecule has 2 rings (SSSR count). The average Bonchev–Trinajstić information content (AvgIpc) is 2.92. The summed E-state index contributed by atoms with van der Waals surface area (Å²) in [7, 11) is 3.93. The van der Waals surface area contributed by atoms with Crippen molar-refractivity contribution in [2.75, 3.05) is 32.1 Å². The quantitative estimate of drug-likeness (QED) is 0.883. The van der Waals surface area contributed by atoms with Crippen LogP contribution in [0.1, 0.15) is 29.6 Å².